The zero-order chi connectivity index (χ0) is 25.4. The molecule has 1 atom stereocenters. The number of aliphatic hydroxyl groups excluding tert-OH is 1. The summed E-state index contributed by atoms with van der Waals surface area (Å²) in [5.74, 6) is -0.925. The number of ketones is 1. The first-order valence-electron chi connectivity index (χ1n) is 12.1. The highest BCUT2D eigenvalue weighted by Gasteiger charge is 2.46. The van der Waals surface area contributed by atoms with Gasteiger partial charge in [0, 0.05) is 32.4 Å². The van der Waals surface area contributed by atoms with E-state index < -0.39 is 17.7 Å². The molecule has 9 nitrogen and oxygen atoms in total. The minimum atomic E-state index is -0.734. The van der Waals surface area contributed by atoms with E-state index in [-0.39, 0.29) is 11.3 Å². The van der Waals surface area contributed by atoms with Crippen molar-refractivity contribution >= 4 is 23.1 Å². The highest BCUT2D eigenvalue weighted by Crippen LogP contribution is 2.40. The first-order chi connectivity index (χ1) is 17.4. The van der Waals surface area contributed by atoms with Crippen molar-refractivity contribution in [1.82, 2.24) is 19.2 Å². The van der Waals surface area contributed by atoms with E-state index in [0.29, 0.717) is 49.1 Å². The first kappa shape index (κ1) is 24.0. The Bertz CT molecular complexity index is 1340. The average molecular weight is 491 g/mol. The minimum Gasteiger partial charge on any atom is -0.505 e. The molecule has 0 radical (unpaired) electrons. The highest BCUT2D eigenvalue weighted by molar-refractivity contribution is 6.46. The van der Waals surface area contributed by atoms with Gasteiger partial charge in [0.25, 0.3) is 11.7 Å². The lowest BCUT2D eigenvalue weighted by atomic mass is 9.96. The van der Waals surface area contributed by atoms with Crippen molar-refractivity contribution in [3.05, 3.63) is 70.7 Å². The Morgan fingerprint density at radius 1 is 1.11 bits per heavy atom. The lowest BCUT2D eigenvalue weighted by Gasteiger charge is -2.31. The monoisotopic (exact) mass is 490 g/mol. The van der Waals surface area contributed by atoms with E-state index in [1.807, 2.05) is 48.7 Å². The van der Waals surface area contributed by atoms with Gasteiger partial charge in [0.1, 0.15) is 17.1 Å². The van der Waals surface area contributed by atoms with Crippen LogP contribution in [-0.2, 0) is 14.3 Å². The molecule has 2 saturated heterocycles. The fourth-order valence-electron chi connectivity index (χ4n) is 4.99. The lowest BCUT2D eigenvalue weighted by molar-refractivity contribution is -0.140. The molecule has 1 N–H and O–H groups in total. The van der Waals surface area contributed by atoms with E-state index in [1.165, 1.54) is 0 Å². The second-order valence-corrected chi connectivity index (χ2v) is 9.15. The van der Waals surface area contributed by atoms with Crippen LogP contribution in [0.4, 0.5) is 0 Å². The predicted octanol–water partition coefficient (Wildman–Crippen LogP) is 2.71. The number of amides is 1. The molecule has 5 rings (SSSR count). The Hall–Kier alpha value is -3.69. The van der Waals surface area contributed by atoms with Gasteiger partial charge in [0.15, 0.2) is 5.76 Å². The molecular formula is C27H30N4O5. The van der Waals surface area contributed by atoms with Gasteiger partial charge in [0.2, 0.25) is 0 Å². The summed E-state index contributed by atoms with van der Waals surface area (Å²) in [7, 11) is 1.58. The summed E-state index contributed by atoms with van der Waals surface area (Å²) in [5.41, 5.74) is 3.40. The van der Waals surface area contributed by atoms with E-state index >= 15 is 0 Å². The molecule has 4 heterocycles. The number of aryl methyl sites for hydroxylation is 2. The number of carbonyl (C=O) groups is 2. The van der Waals surface area contributed by atoms with Crippen molar-refractivity contribution in [2.24, 2.45) is 0 Å². The van der Waals surface area contributed by atoms with Gasteiger partial charge in [-0.2, -0.15) is 0 Å². The Morgan fingerprint density at radius 3 is 2.50 bits per heavy atom. The predicted molar refractivity (Wildman–Crippen MR) is 134 cm³/mol. The molecule has 2 aliphatic heterocycles. The van der Waals surface area contributed by atoms with Crippen LogP contribution < -0.4 is 4.74 Å². The van der Waals surface area contributed by atoms with Crippen molar-refractivity contribution < 1.29 is 24.2 Å². The van der Waals surface area contributed by atoms with E-state index in [0.717, 1.165) is 24.2 Å². The standard InChI is InChI=1S/C27H30N4O5/c1-17-5-4-10-30-18(2)22(28-26(17)30)24(32)21-23(19-6-8-20(35-3)9-7-19)31(27(34)25(21)33)12-11-29-13-15-36-16-14-29/h4-10,23,32H,11-16H2,1-3H3/b24-21+. The van der Waals surface area contributed by atoms with Gasteiger partial charge < -0.3 is 23.9 Å². The molecule has 0 bridgehead atoms. The molecular weight excluding hydrogens is 460 g/mol. The van der Waals surface area contributed by atoms with Crippen LogP contribution >= 0.6 is 0 Å². The third kappa shape index (κ3) is 4.14. The van der Waals surface area contributed by atoms with Crippen LogP contribution in [0.2, 0.25) is 0 Å². The quantitative estimate of drug-likeness (QED) is 0.322. The van der Waals surface area contributed by atoms with Gasteiger partial charge in [-0.1, -0.05) is 18.2 Å². The van der Waals surface area contributed by atoms with E-state index in [9.17, 15) is 14.7 Å². The number of rotatable bonds is 6. The molecule has 2 fully saturated rings. The number of hydrogen-bond donors (Lipinski definition) is 1. The summed E-state index contributed by atoms with van der Waals surface area (Å²) in [6, 6.07) is 10.3. The van der Waals surface area contributed by atoms with Crippen molar-refractivity contribution in [3.8, 4) is 5.75 Å². The molecule has 188 valence electrons. The van der Waals surface area contributed by atoms with Crippen molar-refractivity contribution in [2.75, 3.05) is 46.5 Å². The third-order valence-corrected chi connectivity index (χ3v) is 7.04. The molecule has 0 aliphatic carbocycles. The zero-order valence-corrected chi connectivity index (χ0v) is 20.7. The van der Waals surface area contributed by atoms with Crippen LogP contribution in [0.1, 0.15) is 28.6 Å². The van der Waals surface area contributed by atoms with Crippen molar-refractivity contribution in [1.29, 1.82) is 0 Å². The number of nitrogens with zero attached hydrogens (tertiary/aromatic N) is 4. The first-order valence-corrected chi connectivity index (χ1v) is 12.1. The van der Waals surface area contributed by atoms with Crippen LogP contribution in [0.3, 0.4) is 0 Å². The molecule has 36 heavy (non-hydrogen) atoms. The topological polar surface area (TPSA) is 96.6 Å². The molecule has 1 amide bonds. The number of aromatic nitrogens is 2. The number of aliphatic hydroxyl groups is 1. The van der Waals surface area contributed by atoms with Gasteiger partial charge in [0.05, 0.1) is 37.6 Å². The molecule has 0 saturated carbocycles. The number of ether oxygens (including phenoxy) is 2. The number of hydrogen-bond acceptors (Lipinski definition) is 7. The number of fused-ring (bicyclic) bond motifs is 1. The number of likely N-dealkylation sites (tertiary alicyclic amines) is 1. The van der Waals surface area contributed by atoms with Crippen molar-refractivity contribution in [2.45, 2.75) is 19.9 Å². The molecule has 1 aromatic carbocycles. The summed E-state index contributed by atoms with van der Waals surface area (Å²) in [5, 5.41) is 11.5. The fraction of sp³-hybridized carbons (Fsp3) is 0.370. The van der Waals surface area contributed by atoms with Crippen LogP contribution in [0, 0.1) is 13.8 Å². The fourth-order valence-corrected chi connectivity index (χ4v) is 4.99. The molecule has 2 aromatic heterocycles. The Labute approximate surface area is 209 Å². The second-order valence-electron chi connectivity index (χ2n) is 9.15. The number of imidazole rings is 1. The molecule has 3 aromatic rings. The molecule has 2 aliphatic rings. The largest absolute Gasteiger partial charge is 0.505 e. The van der Waals surface area contributed by atoms with E-state index in [4.69, 9.17) is 9.47 Å². The van der Waals surface area contributed by atoms with Gasteiger partial charge in [-0.3, -0.25) is 14.5 Å². The smallest absolute Gasteiger partial charge is 0.295 e. The van der Waals surface area contributed by atoms with Crippen LogP contribution in [0.5, 0.6) is 5.75 Å². The number of methoxy groups -OCH3 is 1. The number of benzene rings is 1. The summed E-state index contributed by atoms with van der Waals surface area (Å²) in [4.78, 5) is 35.1. The lowest BCUT2D eigenvalue weighted by Crippen LogP contribution is -2.42. The Balaban J connectivity index is 1.60. The Kier molecular flexibility index (Phi) is 6.51. The van der Waals surface area contributed by atoms with Gasteiger partial charge in [-0.05, 0) is 43.2 Å². The summed E-state index contributed by atoms with van der Waals surface area (Å²) >= 11 is 0. The van der Waals surface area contributed by atoms with Crippen molar-refractivity contribution in [3.63, 3.8) is 0 Å². The molecule has 9 heteroatoms. The van der Waals surface area contributed by atoms with E-state index in [1.54, 1.807) is 24.1 Å². The number of carbonyl (C=O) groups excluding carboxylic acids is 2. The second kappa shape index (κ2) is 9.75. The maximum atomic E-state index is 13.4. The number of morpholine rings is 1. The van der Waals surface area contributed by atoms with Crippen LogP contribution in [0.15, 0.2) is 48.2 Å². The minimum absolute atomic E-state index is 0.0521. The number of pyridine rings is 1. The summed E-state index contributed by atoms with van der Waals surface area (Å²) in [6.45, 7) is 7.57. The summed E-state index contributed by atoms with van der Waals surface area (Å²) < 4.78 is 12.6. The zero-order valence-electron chi connectivity index (χ0n) is 20.7. The van der Waals surface area contributed by atoms with Gasteiger partial charge in [-0.15, -0.1) is 0 Å². The highest BCUT2D eigenvalue weighted by atomic mass is 16.5. The normalized spacial score (nSPS) is 20.4. The maximum Gasteiger partial charge on any atom is 0.295 e. The summed E-state index contributed by atoms with van der Waals surface area (Å²) in [6.07, 6.45) is 1.86. The average Bonchev–Trinajstić information content (AvgIpc) is 3.37. The van der Waals surface area contributed by atoms with E-state index in [2.05, 4.69) is 9.88 Å². The Morgan fingerprint density at radius 2 is 1.83 bits per heavy atom. The van der Waals surface area contributed by atoms with Gasteiger partial charge >= 0.3 is 0 Å². The third-order valence-electron chi connectivity index (χ3n) is 7.04. The molecule has 0 spiro atoms. The van der Waals surface area contributed by atoms with Gasteiger partial charge in [-0.25, -0.2) is 4.98 Å². The number of Topliss-reactive ketones (excluding diaryl/α,β-unsaturated/α-hetero) is 1. The van der Waals surface area contributed by atoms with Crippen LogP contribution in [-0.4, -0.2) is 82.5 Å². The molecule has 1 unspecified atom stereocenters. The van der Waals surface area contributed by atoms with Crippen LogP contribution in [0.25, 0.3) is 11.4 Å². The maximum absolute atomic E-state index is 13.4. The SMILES string of the molecule is COc1ccc(C2/C(=C(\O)c3nc4c(C)cccn4c3C)C(=O)C(=O)N2CCN2CCOCC2)cc1.